The Bertz CT molecular complexity index is 1780. The topological polar surface area (TPSA) is 79.3 Å². The van der Waals surface area contributed by atoms with Gasteiger partial charge < -0.3 is 10.4 Å². The van der Waals surface area contributed by atoms with E-state index >= 15 is 0 Å². The second kappa shape index (κ2) is 12.5. The van der Waals surface area contributed by atoms with Gasteiger partial charge in [0.25, 0.3) is 5.91 Å². The molecule has 0 aliphatic rings. The van der Waals surface area contributed by atoms with Crippen molar-refractivity contribution >= 4 is 22.8 Å². The Labute approximate surface area is 247 Å². The number of carbonyl (C=O) groups is 2. The number of halogens is 3. The number of carboxylic acid groups (broad SMARTS) is 1. The van der Waals surface area contributed by atoms with Crippen molar-refractivity contribution in [2.75, 3.05) is 6.54 Å². The third-order valence-electron chi connectivity index (χ3n) is 7.44. The number of para-hydroxylation sites is 1. The molecule has 1 aromatic heterocycles. The Morgan fingerprint density at radius 2 is 1.58 bits per heavy atom. The summed E-state index contributed by atoms with van der Waals surface area (Å²) in [5, 5.41) is 12.3. The molecular weight excluding hydrogens is 553 g/mol. The Kier molecular flexibility index (Phi) is 8.57. The van der Waals surface area contributed by atoms with Crippen molar-refractivity contribution in [1.82, 2.24) is 10.3 Å². The molecule has 4 aromatic carbocycles. The first-order chi connectivity index (χ1) is 20.6. The quantitative estimate of drug-likeness (QED) is 0.184. The molecule has 5 nitrogen and oxygen atoms in total. The molecule has 0 bridgehead atoms. The predicted octanol–water partition coefficient (Wildman–Crippen LogP) is 8.14. The van der Waals surface area contributed by atoms with Gasteiger partial charge in [0, 0.05) is 29.3 Å². The molecule has 0 radical (unpaired) electrons. The zero-order valence-electron chi connectivity index (χ0n) is 23.4. The lowest BCUT2D eigenvalue weighted by Crippen LogP contribution is -2.25. The first-order valence-corrected chi connectivity index (χ1v) is 13.8. The number of fused-ring (bicyclic) bond motifs is 1. The Morgan fingerprint density at radius 3 is 2.33 bits per heavy atom. The minimum atomic E-state index is -4.51. The van der Waals surface area contributed by atoms with E-state index in [1.54, 1.807) is 30.5 Å². The van der Waals surface area contributed by atoms with Crippen LogP contribution in [0.4, 0.5) is 13.2 Å². The van der Waals surface area contributed by atoms with Gasteiger partial charge in [-0.3, -0.25) is 14.6 Å². The highest BCUT2D eigenvalue weighted by Gasteiger charge is 2.34. The number of carboxylic acids is 1. The summed E-state index contributed by atoms with van der Waals surface area (Å²) in [4.78, 5) is 27.6. The maximum Gasteiger partial charge on any atom is 0.417 e. The highest BCUT2D eigenvalue weighted by atomic mass is 19.4. The van der Waals surface area contributed by atoms with Crippen molar-refractivity contribution in [3.8, 4) is 22.3 Å². The fraction of sp³-hybridized carbons (Fsp3) is 0.171. The van der Waals surface area contributed by atoms with Crippen LogP contribution in [0.2, 0.25) is 0 Å². The van der Waals surface area contributed by atoms with Crippen molar-refractivity contribution in [3.63, 3.8) is 0 Å². The first-order valence-electron chi connectivity index (χ1n) is 13.8. The fourth-order valence-electron chi connectivity index (χ4n) is 5.19. The summed E-state index contributed by atoms with van der Waals surface area (Å²) in [6, 6.07) is 27.9. The third kappa shape index (κ3) is 6.92. The van der Waals surface area contributed by atoms with Gasteiger partial charge in [-0.1, -0.05) is 73.7 Å². The van der Waals surface area contributed by atoms with Gasteiger partial charge in [0.1, 0.15) is 0 Å². The molecule has 0 aliphatic heterocycles. The minimum Gasteiger partial charge on any atom is -0.481 e. The smallest absolute Gasteiger partial charge is 0.417 e. The molecule has 5 aromatic rings. The van der Waals surface area contributed by atoms with Crippen LogP contribution in [0, 0.1) is 0 Å². The van der Waals surface area contributed by atoms with E-state index in [2.05, 4.69) is 10.3 Å². The summed E-state index contributed by atoms with van der Waals surface area (Å²) in [5.41, 5.74) is 4.56. The van der Waals surface area contributed by atoms with Crippen molar-refractivity contribution in [2.24, 2.45) is 0 Å². The lowest BCUT2D eigenvalue weighted by atomic mass is 9.86. The zero-order chi connectivity index (χ0) is 30.6. The maximum absolute atomic E-state index is 14.0. The van der Waals surface area contributed by atoms with Crippen LogP contribution in [-0.4, -0.2) is 28.5 Å². The molecule has 1 unspecified atom stereocenters. The van der Waals surface area contributed by atoms with Crippen LogP contribution in [0.5, 0.6) is 0 Å². The predicted molar refractivity (Wildman–Crippen MR) is 161 cm³/mol. The Morgan fingerprint density at radius 1 is 0.860 bits per heavy atom. The van der Waals surface area contributed by atoms with Gasteiger partial charge in [-0.25, -0.2) is 0 Å². The number of alkyl halides is 3. The molecule has 43 heavy (non-hydrogen) atoms. The molecule has 0 saturated heterocycles. The van der Waals surface area contributed by atoms with Gasteiger partial charge in [0.2, 0.25) is 0 Å². The number of benzene rings is 4. The van der Waals surface area contributed by atoms with E-state index in [-0.39, 0.29) is 30.4 Å². The molecule has 0 fully saturated rings. The highest BCUT2D eigenvalue weighted by molar-refractivity contribution is 5.94. The van der Waals surface area contributed by atoms with E-state index in [0.29, 0.717) is 17.5 Å². The number of pyridine rings is 1. The number of hydrogen-bond donors (Lipinski definition) is 2. The Balaban J connectivity index is 1.49. The molecule has 5 rings (SSSR count). The first kappa shape index (κ1) is 29.5. The van der Waals surface area contributed by atoms with E-state index in [1.807, 2.05) is 61.5 Å². The van der Waals surface area contributed by atoms with Crippen molar-refractivity contribution in [2.45, 2.75) is 31.9 Å². The molecule has 0 spiro atoms. The van der Waals surface area contributed by atoms with Gasteiger partial charge >= 0.3 is 12.1 Å². The normalized spacial score (nSPS) is 12.2. The number of hydrogen-bond acceptors (Lipinski definition) is 3. The van der Waals surface area contributed by atoms with Gasteiger partial charge in [-0.15, -0.1) is 0 Å². The summed E-state index contributed by atoms with van der Waals surface area (Å²) in [6.07, 6.45) is -2.47. The van der Waals surface area contributed by atoms with Crippen LogP contribution >= 0.6 is 0 Å². The van der Waals surface area contributed by atoms with Crippen LogP contribution < -0.4 is 5.32 Å². The van der Waals surface area contributed by atoms with Crippen molar-refractivity contribution in [1.29, 1.82) is 0 Å². The minimum absolute atomic E-state index is 0.0254. The number of aliphatic carboxylic acids is 1. The standard InChI is InChI=1S/C35H29F3N2O3/c1-22(23-10-12-24(13-11-23)34(43)39-17-16-33(41)42)18-27-19-25(28-20-26-6-2-5-9-32(26)40-21-28)14-15-29(27)30-7-3-4-8-31(30)35(36,37)38/h2-15,19-22H,16-18H2,1H3,(H,39,43)(H,41,42). The number of nitrogens with zero attached hydrogens (tertiary/aromatic N) is 1. The van der Waals surface area contributed by atoms with Crippen LogP contribution in [0.15, 0.2) is 103 Å². The average molecular weight is 583 g/mol. The molecule has 0 aliphatic carbocycles. The van der Waals surface area contributed by atoms with Crippen molar-refractivity contribution < 1.29 is 27.9 Å². The number of aromatic nitrogens is 1. The molecule has 1 amide bonds. The lowest BCUT2D eigenvalue weighted by molar-refractivity contribution is -0.137. The third-order valence-corrected chi connectivity index (χ3v) is 7.44. The summed E-state index contributed by atoms with van der Waals surface area (Å²) >= 11 is 0. The maximum atomic E-state index is 14.0. The summed E-state index contributed by atoms with van der Waals surface area (Å²) in [6.45, 7) is 2.02. The number of rotatable bonds is 9. The molecule has 1 heterocycles. The zero-order valence-corrected chi connectivity index (χ0v) is 23.4. The van der Waals surface area contributed by atoms with E-state index in [0.717, 1.165) is 39.2 Å². The van der Waals surface area contributed by atoms with Crippen LogP contribution in [0.3, 0.4) is 0 Å². The SMILES string of the molecule is CC(Cc1cc(-c2cnc3ccccc3c2)ccc1-c1ccccc1C(F)(F)F)c1ccc(C(=O)NCCC(=O)O)cc1. The highest BCUT2D eigenvalue weighted by Crippen LogP contribution is 2.40. The summed E-state index contributed by atoms with van der Waals surface area (Å²) in [5.74, 6) is -1.46. The van der Waals surface area contributed by atoms with Gasteiger partial charge in [-0.2, -0.15) is 13.2 Å². The van der Waals surface area contributed by atoms with E-state index in [9.17, 15) is 22.8 Å². The van der Waals surface area contributed by atoms with E-state index in [1.165, 1.54) is 12.1 Å². The van der Waals surface area contributed by atoms with E-state index in [4.69, 9.17) is 5.11 Å². The average Bonchev–Trinajstić information content (AvgIpc) is 3.00. The van der Waals surface area contributed by atoms with E-state index < -0.39 is 17.7 Å². The number of amides is 1. The fourth-order valence-corrected chi connectivity index (χ4v) is 5.19. The van der Waals surface area contributed by atoms with Crippen LogP contribution in [0.25, 0.3) is 33.2 Å². The molecule has 1 atom stereocenters. The molecule has 0 saturated carbocycles. The van der Waals surface area contributed by atoms with Crippen molar-refractivity contribution in [3.05, 3.63) is 126 Å². The van der Waals surface area contributed by atoms with Crippen LogP contribution in [0.1, 0.15) is 46.3 Å². The molecule has 8 heteroatoms. The number of nitrogens with one attached hydrogen (secondary N) is 1. The Hall–Kier alpha value is -4.98. The molecule has 2 N–H and O–H groups in total. The summed E-state index contributed by atoms with van der Waals surface area (Å²) in [7, 11) is 0. The largest absolute Gasteiger partial charge is 0.481 e. The monoisotopic (exact) mass is 582 g/mol. The van der Waals surface area contributed by atoms with Gasteiger partial charge in [0.05, 0.1) is 17.5 Å². The van der Waals surface area contributed by atoms with Gasteiger partial charge in [-0.05, 0) is 70.5 Å². The number of carbonyl (C=O) groups excluding carboxylic acids is 1. The molecule has 218 valence electrons. The van der Waals surface area contributed by atoms with Gasteiger partial charge in [0.15, 0.2) is 0 Å². The van der Waals surface area contributed by atoms with Crippen LogP contribution in [-0.2, 0) is 17.4 Å². The lowest BCUT2D eigenvalue weighted by Gasteiger charge is -2.20. The summed E-state index contributed by atoms with van der Waals surface area (Å²) < 4.78 is 42.1. The molecular formula is C35H29F3N2O3. The second-order valence-electron chi connectivity index (χ2n) is 10.5. The second-order valence-corrected chi connectivity index (χ2v) is 10.5.